The van der Waals surface area contributed by atoms with Crippen molar-refractivity contribution >= 4 is 27.5 Å². The van der Waals surface area contributed by atoms with Crippen LogP contribution in [0.5, 0.6) is 5.75 Å². The highest BCUT2D eigenvalue weighted by Crippen LogP contribution is 2.20. The number of carbonyl (C=O) groups excluding carboxylic acids is 2. The predicted octanol–water partition coefficient (Wildman–Crippen LogP) is 2.83. The molecule has 1 aromatic carbocycles. The van der Waals surface area contributed by atoms with Crippen molar-refractivity contribution in [2.24, 2.45) is 5.92 Å². The fraction of sp³-hybridized carbons (Fsp3) is 0.435. The molecule has 1 aliphatic heterocycles. The maximum absolute atomic E-state index is 12.6. The average Bonchev–Trinajstić information content (AvgIpc) is 2.78. The number of nitrogens with one attached hydrogen (secondary N) is 1. The molecule has 2 amide bonds. The molecule has 1 fully saturated rings. The van der Waals surface area contributed by atoms with Crippen molar-refractivity contribution in [3.05, 3.63) is 48.2 Å². The number of hydrogen-bond donors (Lipinski definition) is 1. The Bertz CT molecular complexity index is 1040. The number of benzene rings is 1. The molecule has 8 nitrogen and oxygen atoms in total. The van der Waals surface area contributed by atoms with E-state index < -0.39 is 9.84 Å². The van der Waals surface area contributed by atoms with E-state index in [2.05, 4.69) is 10.3 Å². The van der Waals surface area contributed by atoms with Crippen molar-refractivity contribution in [2.75, 3.05) is 31.3 Å². The fourth-order valence-electron chi connectivity index (χ4n) is 3.54. The summed E-state index contributed by atoms with van der Waals surface area (Å²) in [5.74, 6) is 0.724. The summed E-state index contributed by atoms with van der Waals surface area (Å²) in [6, 6.07) is 9.88. The number of piperidine rings is 1. The molecule has 1 aromatic heterocycles. The van der Waals surface area contributed by atoms with E-state index in [1.165, 1.54) is 12.1 Å². The smallest absolute Gasteiger partial charge is 0.230 e. The number of anilines is 1. The molecule has 1 saturated heterocycles. The van der Waals surface area contributed by atoms with Crippen LogP contribution in [0.25, 0.3) is 0 Å². The van der Waals surface area contributed by atoms with E-state index in [1.807, 2.05) is 13.0 Å². The van der Waals surface area contributed by atoms with Crippen LogP contribution in [-0.2, 0) is 19.4 Å². The molecule has 1 N–H and O–H groups in total. The van der Waals surface area contributed by atoms with Gasteiger partial charge in [-0.2, -0.15) is 0 Å². The highest BCUT2D eigenvalue weighted by atomic mass is 32.2. The van der Waals surface area contributed by atoms with Gasteiger partial charge in [0, 0.05) is 32.0 Å². The first-order valence-electron chi connectivity index (χ1n) is 10.7. The van der Waals surface area contributed by atoms with Crippen molar-refractivity contribution in [1.29, 1.82) is 0 Å². The first-order chi connectivity index (χ1) is 15.2. The molecule has 2 heterocycles. The van der Waals surface area contributed by atoms with Crippen molar-refractivity contribution in [2.45, 2.75) is 37.5 Å². The van der Waals surface area contributed by atoms with Crippen LogP contribution in [-0.4, -0.2) is 56.1 Å². The summed E-state index contributed by atoms with van der Waals surface area (Å²) < 4.78 is 28.6. The number of carbonyl (C=O) groups is 2. The summed E-state index contributed by atoms with van der Waals surface area (Å²) in [7, 11) is -3.24. The molecule has 1 atom stereocenters. The van der Waals surface area contributed by atoms with Gasteiger partial charge in [-0.1, -0.05) is 6.07 Å². The van der Waals surface area contributed by atoms with Gasteiger partial charge in [0.15, 0.2) is 9.84 Å². The minimum Gasteiger partial charge on any atom is -0.494 e. The summed E-state index contributed by atoms with van der Waals surface area (Å²) in [6.45, 7) is 3.34. The number of pyridine rings is 1. The van der Waals surface area contributed by atoms with Gasteiger partial charge in [0.05, 0.1) is 17.4 Å². The minimum atomic E-state index is -3.24. The number of aromatic nitrogens is 1. The second-order valence-electron chi connectivity index (χ2n) is 8.08. The summed E-state index contributed by atoms with van der Waals surface area (Å²) >= 11 is 0. The Kier molecular flexibility index (Phi) is 7.84. The molecule has 2 aromatic rings. The van der Waals surface area contributed by atoms with Crippen LogP contribution in [0.1, 0.15) is 31.2 Å². The summed E-state index contributed by atoms with van der Waals surface area (Å²) in [4.78, 5) is 31.4. The molecule has 3 rings (SSSR count). The second-order valence-corrected chi connectivity index (χ2v) is 10.1. The third-order valence-corrected chi connectivity index (χ3v) is 6.49. The monoisotopic (exact) mass is 459 g/mol. The molecule has 0 aliphatic carbocycles. The number of rotatable bonds is 8. The highest BCUT2D eigenvalue weighted by Gasteiger charge is 2.28. The Labute approximate surface area is 188 Å². The lowest BCUT2D eigenvalue weighted by atomic mass is 9.96. The molecule has 0 spiro atoms. The SMILES string of the molecule is Cc1ccc(NC(=O)C2CCCN(C(=O)CCCOc3ccc(S(C)(=O)=O)cc3)C2)nc1. The predicted molar refractivity (Wildman–Crippen MR) is 121 cm³/mol. The van der Waals surface area contributed by atoms with Gasteiger partial charge in [-0.25, -0.2) is 13.4 Å². The van der Waals surface area contributed by atoms with E-state index in [0.717, 1.165) is 24.7 Å². The number of amides is 2. The van der Waals surface area contributed by atoms with E-state index in [-0.39, 0.29) is 22.6 Å². The number of likely N-dealkylation sites (tertiary alicyclic amines) is 1. The van der Waals surface area contributed by atoms with Crippen LogP contribution in [0, 0.1) is 12.8 Å². The molecule has 32 heavy (non-hydrogen) atoms. The van der Waals surface area contributed by atoms with Crippen LogP contribution < -0.4 is 10.1 Å². The van der Waals surface area contributed by atoms with E-state index in [9.17, 15) is 18.0 Å². The number of ether oxygens (including phenoxy) is 1. The van der Waals surface area contributed by atoms with Gasteiger partial charge in [-0.15, -0.1) is 0 Å². The number of nitrogens with zero attached hydrogens (tertiary/aromatic N) is 2. The maximum Gasteiger partial charge on any atom is 0.230 e. The molecule has 172 valence electrons. The van der Waals surface area contributed by atoms with E-state index in [4.69, 9.17) is 4.74 Å². The third kappa shape index (κ3) is 6.78. The van der Waals surface area contributed by atoms with Gasteiger partial charge in [0.1, 0.15) is 11.6 Å². The Hall–Kier alpha value is -2.94. The van der Waals surface area contributed by atoms with Crippen LogP contribution in [0.4, 0.5) is 5.82 Å². The Morgan fingerprint density at radius 1 is 1.19 bits per heavy atom. The molecule has 1 aliphatic rings. The summed E-state index contributed by atoms with van der Waals surface area (Å²) in [5, 5.41) is 2.84. The van der Waals surface area contributed by atoms with Crippen molar-refractivity contribution in [3.8, 4) is 5.75 Å². The third-order valence-electron chi connectivity index (χ3n) is 5.36. The van der Waals surface area contributed by atoms with Crippen LogP contribution in [0.3, 0.4) is 0 Å². The van der Waals surface area contributed by atoms with Crippen molar-refractivity contribution in [3.63, 3.8) is 0 Å². The molecular formula is C23H29N3O5S. The first-order valence-corrected chi connectivity index (χ1v) is 12.6. The van der Waals surface area contributed by atoms with E-state index in [0.29, 0.717) is 44.1 Å². The van der Waals surface area contributed by atoms with Gasteiger partial charge in [-0.05, 0) is 62.1 Å². The summed E-state index contributed by atoms with van der Waals surface area (Å²) in [6.07, 6.45) is 5.25. The van der Waals surface area contributed by atoms with E-state index >= 15 is 0 Å². The number of aryl methyl sites for hydroxylation is 1. The van der Waals surface area contributed by atoms with Gasteiger partial charge < -0.3 is 15.0 Å². The molecule has 9 heteroatoms. The number of hydrogen-bond acceptors (Lipinski definition) is 6. The Morgan fingerprint density at radius 3 is 2.59 bits per heavy atom. The standard InChI is InChI=1S/C23H29N3O5S/c1-17-7-12-21(24-15-17)25-23(28)18-5-3-13-26(16-18)22(27)6-4-14-31-19-8-10-20(11-9-19)32(2,29)30/h7-12,15,18H,3-6,13-14,16H2,1-2H3,(H,24,25,28). The fourth-order valence-corrected chi connectivity index (χ4v) is 4.17. The minimum absolute atomic E-state index is 0.00647. The Morgan fingerprint density at radius 2 is 1.94 bits per heavy atom. The highest BCUT2D eigenvalue weighted by molar-refractivity contribution is 7.90. The molecular weight excluding hydrogens is 430 g/mol. The van der Waals surface area contributed by atoms with E-state index in [1.54, 1.807) is 29.3 Å². The average molecular weight is 460 g/mol. The lowest BCUT2D eigenvalue weighted by molar-refractivity contribution is -0.134. The zero-order valence-corrected chi connectivity index (χ0v) is 19.2. The lowest BCUT2D eigenvalue weighted by Gasteiger charge is -2.32. The maximum atomic E-state index is 12.6. The lowest BCUT2D eigenvalue weighted by Crippen LogP contribution is -2.43. The molecule has 0 bridgehead atoms. The quantitative estimate of drug-likeness (QED) is 0.609. The molecule has 1 unspecified atom stereocenters. The zero-order chi connectivity index (χ0) is 23.1. The topological polar surface area (TPSA) is 106 Å². The molecule has 0 saturated carbocycles. The normalized spacial score (nSPS) is 16.4. The first kappa shape index (κ1) is 23.7. The number of sulfone groups is 1. The zero-order valence-electron chi connectivity index (χ0n) is 18.4. The molecule has 0 radical (unpaired) electrons. The van der Waals surface area contributed by atoms with Crippen molar-refractivity contribution < 1.29 is 22.7 Å². The van der Waals surface area contributed by atoms with Crippen LogP contribution in [0.15, 0.2) is 47.5 Å². The van der Waals surface area contributed by atoms with Crippen molar-refractivity contribution in [1.82, 2.24) is 9.88 Å². The van der Waals surface area contributed by atoms with Gasteiger partial charge in [0.25, 0.3) is 0 Å². The summed E-state index contributed by atoms with van der Waals surface area (Å²) in [5.41, 5.74) is 1.02. The Balaban J connectivity index is 1.42. The van der Waals surface area contributed by atoms with Crippen LogP contribution >= 0.6 is 0 Å². The van der Waals surface area contributed by atoms with Crippen LogP contribution in [0.2, 0.25) is 0 Å². The van der Waals surface area contributed by atoms with Gasteiger partial charge in [0.2, 0.25) is 11.8 Å². The van der Waals surface area contributed by atoms with Gasteiger partial charge in [-0.3, -0.25) is 9.59 Å². The van der Waals surface area contributed by atoms with Gasteiger partial charge >= 0.3 is 0 Å². The largest absolute Gasteiger partial charge is 0.494 e. The second kappa shape index (κ2) is 10.6.